The van der Waals surface area contributed by atoms with Crippen molar-refractivity contribution >= 4 is 35.9 Å². The molecule has 1 aromatic carbocycles. The van der Waals surface area contributed by atoms with Gasteiger partial charge < -0.3 is 0 Å². The fourth-order valence-corrected chi connectivity index (χ4v) is 4.41. The SMILES string of the molecule is Cc1nn(-c2ccccc2)c2[se]c(C(N)=O)c(N)c12. The number of benzene rings is 1. The zero-order chi connectivity index (χ0) is 13.6. The molecule has 0 saturated heterocycles. The summed E-state index contributed by atoms with van der Waals surface area (Å²) in [5.41, 5.74) is 13.7. The Bertz CT molecular complexity index is 773. The topological polar surface area (TPSA) is 86.9 Å². The number of aromatic nitrogens is 2. The standard InChI is InChI=1S/C13H12N4OSe/c1-7-9-10(14)11(12(15)18)19-13(9)17(16-7)8-5-3-2-4-6-8/h2-6H,14H2,1H3,(H2,15,18). The summed E-state index contributed by atoms with van der Waals surface area (Å²) in [7, 11) is 0. The van der Waals surface area contributed by atoms with Gasteiger partial charge in [0.15, 0.2) is 0 Å². The van der Waals surface area contributed by atoms with E-state index >= 15 is 0 Å². The Kier molecular flexibility index (Phi) is 2.69. The van der Waals surface area contributed by atoms with Crippen molar-refractivity contribution in [2.75, 3.05) is 5.73 Å². The van der Waals surface area contributed by atoms with Crippen LogP contribution in [0.3, 0.4) is 0 Å². The van der Waals surface area contributed by atoms with E-state index in [-0.39, 0.29) is 14.5 Å². The summed E-state index contributed by atoms with van der Waals surface area (Å²) in [4.78, 5) is 11.4. The normalized spacial score (nSPS) is 11.0. The number of rotatable bonds is 2. The summed E-state index contributed by atoms with van der Waals surface area (Å²) < 4.78 is 3.38. The molecule has 0 atom stereocenters. The van der Waals surface area contributed by atoms with Gasteiger partial charge in [-0.2, -0.15) is 0 Å². The quantitative estimate of drug-likeness (QED) is 0.693. The first kappa shape index (κ1) is 12.0. The summed E-state index contributed by atoms with van der Waals surface area (Å²) >= 11 is -0.192. The van der Waals surface area contributed by atoms with Gasteiger partial charge in [0.2, 0.25) is 0 Å². The molecule has 4 N–H and O–H groups in total. The van der Waals surface area contributed by atoms with Gasteiger partial charge in [-0.1, -0.05) is 0 Å². The van der Waals surface area contributed by atoms with E-state index in [0.29, 0.717) is 10.1 Å². The number of hydrogen-bond acceptors (Lipinski definition) is 3. The van der Waals surface area contributed by atoms with Crippen molar-refractivity contribution in [3.05, 3.63) is 40.5 Å². The van der Waals surface area contributed by atoms with Crippen LogP contribution in [0.2, 0.25) is 0 Å². The Morgan fingerprint density at radius 2 is 2.00 bits per heavy atom. The second kappa shape index (κ2) is 4.26. The number of carbonyl (C=O) groups is 1. The maximum atomic E-state index is 11.4. The Hall–Kier alpha value is -2.04. The third-order valence-corrected chi connectivity index (χ3v) is 5.46. The van der Waals surface area contributed by atoms with E-state index in [1.165, 1.54) is 0 Å². The van der Waals surface area contributed by atoms with Gasteiger partial charge in [0.25, 0.3) is 0 Å². The summed E-state index contributed by atoms with van der Waals surface area (Å²) in [6.07, 6.45) is 0. The molecule has 96 valence electrons. The molecule has 0 saturated carbocycles. The number of nitrogens with two attached hydrogens (primary N) is 2. The molecule has 6 heteroatoms. The van der Waals surface area contributed by atoms with E-state index in [9.17, 15) is 4.79 Å². The first-order valence-corrected chi connectivity index (χ1v) is 7.43. The van der Waals surface area contributed by atoms with Crippen LogP contribution in [0.5, 0.6) is 0 Å². The Balaban J connectivity index is 2.34. The van der Waals surface area contributed by atoms with Gasteiger partial charge in [0.1, 0.15) is 0 Å². The van der Waals surface area contributed by atoms with Crippen molar-refractivity contribution in [2.24, 2.45) is 5.73 Å². The number of carbonyl (C=O) groups excluding carboxylic acids is 1. The number of anilines is 1. The van der Waals surface area contributed by atoms with Crippen molar-refractivity contribution < 1.29 is 4.79 Å². The monoisotopic (exact) mass is 320 g/mol. The number of nitrogens with zero attached hydrogens (tertiary/aromatic N) is 2. The minimum atomic E-state index is -0.437. The van der Waals surface area contributed by atoms with Crippen LogP contribution in [0.25, 0.3) is 15.5 Å². The Morgan fingerprint density at radius 3 is 2.63 bits per heavy atom. The summed E-state index contributed by atoms with van der Waals surface area (Å²) in [5.74, 6) is -0.437. The number of fused-ring (bicyclic) bond motifs is 1. The molecule has 0 aliphatic heterocycles. The number of aryl methyl sites for hydroxylation is 1. The second-order valence-corrected chi connectivity index (χ2v) is 6.32. The van der Waals surface area contributed by atoms with E-state index in [4.69, 9.17) is 11.5 Å². The molecule has 0 spiro atoms. The number of para-hydroxylation sites is 1. The Labute approximate surface area is 115 Å². The second-order valence-electron chi connectivity index (χ2n) is 4.22. The van der Waals surface area contributed by atoms with E-state index in [2.05, 4.69) is 5.10 Å². The van der Waals surface area contributed by atoms with Crippen LogP contribution >= 0.6 is 0 Å². The van der Waals surface area contributed by atoms with Crippen LogP contribution in [0.4, 0.5) is 5.69 Å². The molecule has 0 bridgehead atoms. The van der Waals surface area contributed by atoms with Crippen LogP contribution in [0.1, 0.15) is 14.9 Å². The van der Waals surface area contributed by atoms with Crippen molar-refractivity contribution in [1.82, 2.24) is 9.78 Å². The van der Waals surface area contributed by atoms with Gasteiger partial charge in [-0.15, -0.1) is 0 Å². The predicted octanol–water partition coefficient (Wildman–Crippen LogP) is 1.07. The first-order valence-electron chi connectivity index (χ1n) is 5.72. The molecule has 19 heavy (non-hydrogen) atoms. The first-order chi connectivity index (χ1) is 9.09. The molecule has 0 fully saturated rings. The summed E-state index contributed by atoms with van der Waals surface area (Å²) in [6.45, 7) is 1.89. The molecule has 2 heterocycles. The van der Waals surface area contributed by atoms with Crippen molar-refractivity contribution in [2.45, 2.75) is 6.92 Å². The van der Waals surface area contributed by atoms with Crippen molar-refractivity contribution in [3.63, 3.8) is 0 Å². The number of primary amides is 1. The number of amides is 1. The molecule has 3 rings (SSSR count). The zero-order valence-electron chi connectivity index (χ0n) is 10.3. The van der Waals surface area contributed by atoms with E-state index in [0.717, 1.165) is 21.2 Å². The summed E-state index contributed by atoms with van der Waals surface area (Å²) in [6, 6.07) is 9.80. The number of nitrogen functional groups attached to an aromatic ring is 1. The fourth-order valence-electron chi connectivity index (χ4n) is 2.10. The molecule has 0 unspecified atom stereocenters. The summed E-state index contributed by atoms with van der Waals surface area (Å²) in [5, 5.41) is 5.39. The van der Waals surface area contributed by atoms with Gasteiger partial charge in [-0.3, -0.25) is 0 Å². The molecular formula is C13H12N4OSe. The average Bonchev–Trinajstić information content (AvgIpc) is 2.90. The molecule has 1 amide bonds. The zero-order valence-corrected chi connectivity index (χ0v) is 12.0. The van der Waals surface area contributed by atoms with Gasteiger partial charge in [-0.25, -0.2) is 0 Å². The molecule has 0 aliphatic carbocycles. The van der Waals surface area contributed by atoms with Gasteiger partial charge in [0.05, 0.1) is 0 Å². The Morgan fingerprint density at radius 1 is 1.32 bits per heavy atom. The molecule has 3 aromatic rings. The van der Waals surface area contributed by atoms with E-state index < -0.39 is 5.91 Å². The molecule has 0 radical (unpaired) electrons. The van der Waals surface area contributed by atoms with Gasteiger partial charge >= 0.3 is 115 Å². The molecule has 2 aromatic heterocycles. The van der Waals surface area contributed by atoms with Crippen molar-refractivity contribution in [1.29, 1.82) is 0 Å². The number of hydrogen-bond donors (Lipinski definition) is 2. The van der Waals surface area contributed by atoms with Gasteiger partial charge in [0, 0.05) is 0 Å². The van der Waals surface area contributed by atoms with E-state index in [1.54, 1.807) is 0 Å². The van der Waals surface area contributed by atoms with Crippen LogP contribution in [0.15, 0.2) is 30.3 Å². The fraction of sp³-hybridized carbons (Fsp3) is 0.0769. The maximum absolute atomic E-state index is 11.4. The molecule has 0 aliphatic rings. The predicted molar refractivity (Wildman–Crippen MR) is 75.7 cm³/mol. The average molecular weight is 319 g/mol. The van der Waals surface area contributed by atoms with Crippen molar-refractivity contribution in [3.8, 4) is 5.69 Å². The molecule has 5 nitrogen and oxygen atoms in total. The third-order valence-electron chi connectivity index (χ3n) is 2.96. The minimum absolute atomic E-state index is 0.192. The third kappa shape index (κ3) is 1.77. The van der Waals surface area contributed by atoms with Crippen LogP contribution in [-0.2, 0) is 0 Å². The van der Waals surface area contributed by atoms with Crippen LogP contribution < -0.4 is 11.5 Å². The van der Waals surface area contributed by atoms with Gasteiger partial charge in [-0.05, 0) is 0 Å². The van der Waals surface area contributed by atoms with E-state index in [1.807, 2.05) is 41.9 Å². The molecular weight excluding hydrogens is 307 g/mol. The van der Waals surface area contributed by atoms with Crippen LogP contribution in [0, 0.1) is 6.92 Å². The van der Waals surface area contributed by atoms with Crippen LogP contribution in [-0.4, -0.2) is 30.2 Å².